The molecule has 1 aliphatic heterocycles. The van der Waals surface area contributed by atoms with Crippen molar-refractivity contribution in [3.8, 4) is 0 Å². The van der Waals surface area contributed by atoms with Crippen molar-refractivity contribution in [2.45, 2.75) is 44.2 Å². The van der Waals surface area contributed by atoms with Crippen LogP contribution in [0.5, 0.6) is 0 Å². The van der Waals surface area contributed by atoms with E-state index in [2.05, 4.69) is 22.2 Å². The summed E-state index contributed by atoms with van der Waals surface area (Å²) in [4.78, 5) is 16.2. The largest absolute Gasteiger partial charge is 0.480 e. The average molecular weight is 269 g/mol. The summed E-state index contributed by atoms with van der Waals surface area (Å²) in [7, 11) is 2.15. The van der Waals surface area contributed by atoms with Crippen molar-refractivity contribution >= 4 is 5.97 Å². The molecule has 0 aromatic rings. The summed E-state index contributed by atoms with van der Waals surface area (Å²) in [6.07, 6.45) is 4.10. The standard InChI is InChI=1S/C14H27N3O2/c1-14(13(18)19,15-12-4-5-12)6-9-17-8-3-7-16(2)10-11-17/h12,15H,3-11H2,1-2H3,(H,18,19). The lowest BCUT2D eigenvalue weighted by molar-refractivity contribution is -0.144. The Balaban J connectivity index is 1.82. The van der Waals surface area contributed by atoms with Crippen molar-refractivity contribution in [1.29, 1.82) is 0 Å². The summed E-state index contributed by atoms with van der Waals surface area (Å²) in [6, 6.07) is 0.427. The molecule has 0 aromatic heterocycles. The zero-order chi connectivity index (χ0) is 13.9. The van der Waals surface area contributed by atoms with E-state index in [1.54, 1.807) is 0 Å². The summed E-state index contributed by atoms with van der Waals surface area (Å²) < 4.78 is 0. The van der Waals surface area contributed by atoms with Gasteiger partial charge in [0, 0.05) is 25.7 Å². The second kappa shape index (κ2) is 6.20. The van der Waals surface area contributed by atoms with Gasteiger partial charge in [0.2, 0.25) is 0 Å². The van der Waals surface area contributed by atoms with Crippen molar-refractivity contribution in [1.82, 2.24) is 15.1 Å². The molecule has 19 heavy (non-hydrogen) atoms. The van der Waals surface area contributed by atoms with Crippen molar-refractivity contribution in [2.24, 2.45) is 0 Å². The molecular formula is C14H27N3O2. The van der Waals surface area contributed by atoms with Gasteiger partial charge in [0.1, 0.15) is 5.54 Å². The summed E-state index contributed by atoms with van der Waals surface area (Å²) >= 11 is 0. The van der Waals surface area contributed by atoms with Gasteiger partial charge in [-0.1, -0.05) is 0 Å². The van der Waals surface area contributed by atoms with Crippen molar-refractivity contribution < 1.29 is 9.90 Å². The number of carboxylic acid groups (broad SMARTS) is 1. The molecule has 0 amide bonds. The number of rotatable bonds is 6. The minimum absolute atomic E-state index is 0.427. The first-order valence-corrected chi connectivity index (χ1v) is 7.41. The molecule has 1 unspecified atom stereocenters. The molecule has 2 N–H and O–H groups in total. The molecule has 1 atom stereocenters. The number of nitrogens with zero attached hydrogens (tertiary/aromatic N) is 2. The van der Waals surface area contributed by atoms with Gasteiger partial charge >= 0.3 is 5.97 Å². The third-order valence-corrected chi connectivity index (χ3v) is 4.31. The lowest BCUT2D eigenvalue weighted by atomic mass is 9.97. The van der Waals surface area contributed by atoms with Gasteiger partial charge in [-0.05, 0) is 52.7 Å². The molecule has 2 rings (SSSR count). The van der Waals surface area contributed by atoms with E-state index in [-0.39, 0.29) is 0 Å². The van der Waals surface area contributed by atoms with Gasteiger partial charge in [-0.25, -0.2) is 0 Å². The highest BCUT2D eigenvalue weighted by Crippen LogP contribution is 2.24. The number of carboxylic acids is 1. The maximum Gasteiger partial charge on any atom is 0.323 e. The first-order valence-electron chi connectivity index (χ1n) is 7.41. The van der Waals surface area contributed by atoms with Gasteiger partial charge < -0.3 is 14.9 Å². The SMILES string of the molecule is CN1CCCN(CCC(C)(NC2CC2)C(=O)O)CC1. The number of hydrogen-bond acceptors (Lipinski definition) is 4. The molecule has 1 saturated carbocycles. The Morgan fingerprint density at radius 1 is 1.32 bits per heavy atom. The quantitative estimate of drug-likeness (QED) is 0.740. The van der Waals surface area contributed by atoms with Crippen LogP contribution >= 0.6 is 0 Å². The van der Waals surface area contributed by atoms with E-state index >= 15 is 0 Å². The minimum atomic E-state index is -0.765. The molecule has 2 aliphatic rings. The molecule has 0 spiro atoms. The summed E-state index contributed by atoms with van der Waals surface area (Å²) in [5.41, 5.74) is -0.765. The highest BCUT2D eigenvalue weighted by Gasteiger charge is 2.38. The fourth-order valence-electron chi connectivity index (χ4n) is 2.62. The van der Waals surface area contributed by atoms with Crippen LogP contribution in [0.15, 0.2) is 0 Å². The van der Waals surface area contributed by atoms with Crippen LogP contribution in [0, 0.1) is 0 Å². The third kappa shape index (κ3) is 4.44. The molecule has 2 fully saturated rings. The molecule has 5 heteroatoms. The van der Waals surface area contributed by atoms with Gasteiger partial charge in [-0.15, -0.1) is 0 Å². The predicted molar refractivity (Wildman–Crippen MR) is 75.4 cm³/mol. The second-order valence-corrected chi connectivity index (χ2v) is 6.30. The summed E-state index contributed by atoms with van der Waals surface area (Å²) in [6.45, 7) is 7.07. The van der Waals surface area contributed by atoms with E-state index in [4.69, 9.17) is 0 Å². The molecule has 0 bridgehead atoms. The second-order valence-electron chi connectivity index (χ2n) is 6.30. The summed E-state index contributed by atoms with van der Waals surface area (Å²) in [5.74, 6) is -0.716. The maximum absolute atomic E-state index is 11.5. The van der Waals surface area contributed by atoms with E-state index < -0.39 is 11.5 Å². The molecule has 0 aromatic carbocycles. The van der Waals surface area contributed by atoms with Crippen LogP contribution in [0.1, 0.15) is 32.6 Å². The van der Waals surface area contributed by atoms with Crippen LogP contribution in [0.25, 0.3) is 0 Å². The smallest absolute Gasteiger partial charge is 0.323 e. The number of likely N-dealkylation sites (N-methyl/N-ethyl adjacent to an activating group) is 1. The van der Waals surface area contributed by atoms with Crippen molar-refractivity contribution in [2.75, 3.05) is 39.8 Å². The molecule has 1 heterocycles. The Labute approximate surface area is 115 Å². The number of aliphatic carboxylic acids is 1. The van der Waals surface area contributed by atoms with E-state index in [1.807, 2.05) is 6.92 Å². The van der Waals surface area contributed by atoms with Crippen molar-refractivity contribution in [3.63, 3.8) is 0 Å². The molecule has 5 nitrogen and oxygen atoms in total. The van der Waals surface area contributed by atoms with Crippen LogP contribution in [0.3, 0.4) is 0 Å². The Morgan fingerprint density at radius 3 is 2.68 bits per heavy atom. The summed E-state index contributed by atoms with van der Waals surface area (Å²) in [5, 5.41) is 12.7. The normalized spacial score (nSPS) is 25.8. The van der Waals surface area contributed by atoms with E-state index in [0.29, 0.717) is 12.5 Å². The minimum Gasteiger partial charge on any atom is -0.480 e. The van der Waals surface area contributed by atoms with Crippen LogP contribution in [-0.2, 0) is 4.79 Å². The first-order chi connectivity index (χ1) is 8.99. The van der Waals surface area contributed by atoms with Crippen LogP contribution < -0.4 is 5.32 Å². The molecule has 1 saturated heterocycles. The van der Waals surface area contributed by atoms with Crippen molar-refractivity contribution in [3.05, 3.63) is 0 Å². The van der Waals surface area contributed by atoms with Gasteiger partial charge in [0.25, 0.3) is 0 Å². The van der Waals surface area contributed by atoms with Crippen LogP contribution in [0.4, 0.5) is 0 Å². The van der Waals surface area contributed by atoms with E-state index in [0.717, 1.165) is 45.6 Å². The number of carbonyl (C=O) groups is 1. The highest BCUT2D eigenvalue weighted by atomic mass is 16.4. The highest BCUT2D eigenvalue weighted by molar-refractivity contribution is 5.78. The van der Waals surface area contributed by atoms with E-state index in [1.165, 1.54) is 6.42 Å². The molecular weight excluding hydrogens is 242 g/mol. The van der Waals surface area contributed by atoms with Crippen LogP contribution in [-0.4, -0.2) is 72.2 Å². The monoisotopic (exact) mass is 269 g/mol. The molecule has 0 radical (unpaired) electrons. The lowest BCUT2D eigenvalue weighted by Gasteiger charge is -2.29. The fourth-order valence-corrected chi connectivity index (χ4v) is 2.62. The Kier molecular flexibility index (Phi) is 4.81. The fraction of sp³-hybridized carbons (Fsp3) is 0.929. The maximum atomic E-state index is 11.5. The van der Waals surface area contributed by atoms with E-state index in [9.17, 15) is 9.90 Å². The Morgan fingerprint density at radius 2 is 2.05 bits per heavy atom. The average Bonchev–Trinajstić information content (AvgIpc) is 3.16. The zero-order valence-corrected chi connectivity index (χ0v) is 12.2. The Bertz CT molecular complexity index is 320. The van der Waals surface area contributed by atoms with Gasteiger partial charge in [-0.3, -0.25) is 10.1 Å². The lowest BCUT2D eigenvalue weighted by Crippen LogP contribution is -2.52. The van der Waals surface area contributed by atoms with Gasteiger partial charge in [0.15, 0.2) is 0 Å². The molecule has 1 aliphatic carbocycles. The van der Waals surface area contributed by atoms with Gasteiger partial charge in [-0.2, -0.15) is 0 Å². The Hall–Kier alpha value is -0.650. The number of hydrogen-bond donors (Lipinski definition) is 2. The topological polar surface area (TPSA) is 55.8 Å². The predicted octanol–water partition coefficient (Wildman–Crippen LogP) is 0.609. The third-order valence-electron chi connectivity index (χ3n) is 4.31. The van der Waals surface area contributed by atoms with Gasteiger partial charge in [0.05, 0.1) is 0 Å². The number of nitrogens with one attached hydrogen (secondary N) is 1. The first kappa shape index (κ1) is 14.8. The van der Waals surface area contributed by atoms with Crippen LogP contribution in [0.2, 0.25) is 0 Å². The zero-order valence-electron chi connectivity index (χ0n) is 12.2. The molecule has 110 valence electrons.